The van der Waals surface area contributed by atoms with Gasteiger partial charge in [-0.2, -0.15) is 0 Å². The minimum atomic E-state index is -0.548. The van der Waals surface area contributed by atoms with Crippen LogP contribution in [-0.2, 0) is 0 Å². The molecule has 94 valence electrons. The number of thiophene rings is 1. The molecular weight excluding hydrogens is 244 g/mol. The summed E-state index contributed by atoms with van der Waals surface area (Å²) in [6.07, 6.45) is 2.14. The third-order valence-corrected chi connectivity index (χ3v) is 4.22. The molecule has 1 aliphatic carbocycles. The quantitative estimate of drug-likeness (QED) is 0.908. The Kier molecular flexibility index (Phi) is 3.10. The molecule has 0 aliphatic heterocycles. The standard InChI is InChI=1S/C15H16O2S/c1-10-7-8-18-15(10)14(16)11-3-2-4-13(9-11)17-12-5-6-12/h2-4,7-9,12,14,16H,5-6H2,1H3. The van der Waals surface area contributed by atoms with E-state index in [0.717, 1.165) is 34.6 Å². The summed E-state index contributed by atoms with van der Waals surface area (Å²) in [7, 11) is 0. The molecule has 1 atom stereocenters. The lowest BCUT2D eigenvalue weighted by Crippen LogP contribution is -2.01. The molecule has 0 saturated heterocycles. The van der Waals surface area contributed by atoms with Crippen LogP contribution in [0.1, 0.15) is 34.9 Å². The van der Waals surface area contributed by atoms with Gasteiger partial charge in [0.25, 0.3) is 0 Å². The second kappa shape index (κ2) is 4.75. The van der Waals surface area contributed by atoms with Crippen LogP contribution in [0.4, 0.5) is 0 Å². The van der Waals surface area contributed by atoms with Crippen LogP contribution in [0.15, 0.2) is 35.7 Å². The normalized spacial score (nSPS) is 16.6. The fraction of sp³-hybridized carbons (Fsp3) is 0.333. The highest BCUT2D eigenvalue weighted by molar-refractivity contribution is 7.10. The zero-order chi connectivity index (χ0) is 12.5. The molecule has 1 heterocycles. The van der Waals surface area contributed by atoms with Crippen LogP contribution < -0.4 is 4.74 Å². The third kappa shape index (κ3) is 2.42. The van der Waals surface area contributed by atoms with Crippen molar-refractivity contribution >= 4 is 11.3 Å². The van der Waals surface area contributed by atoms with Crippen LogP contribution in [-0.4, -0.2) is 11.2 Å². The van der Waals surface area contributed by atoms with Crippen molar-refractivity contribution in [3.63, 3.8) is 0 Å². The maximum Gasteiger partial charge on any atom is 0.120 e. The summed E-state index contributed by atoms with van der Waals surface area (Å²) in [6, 6.07) is 9.83. The van der Waals surface area contributed by atoms with Gasteiger partial charge >= 0.3 is 0 Å². The van der Waals surface area contributed by atoms with Crippen molar-refractivity contribution in [3.05, 3.63) is 51.7 Å². The summed E-state index contributed by atoms with van der Waals surface area (Å²) in [5.41, 5.74) is 2.04. The summed E-state index contributed by atoms with van der Waals surface area (Å²) in [4.78, 5) is 1.01. The SMILES string of the molecule is Cc1ccsc1C(O)c1cccc(OC2CC2)c1. The zero-order valence-corrected chi connectivity index (χ0v) is 11.1. The van der Waals surface area contributed by atoms with Gasteiger partial charge in [0.15, 0.2) is 0 Å². The minimum Gasteiger partial charge on any atom is -0.490 e. The van der Waals surface area contributed by atoms with Gasteiger partial charge in [-0.3, -0.25) is 0 Å². The fourth-order valence-corrected chi connectivity index (χ4v) is 2.89. The highest BCUT2D eigenvalue weighted by Crippen LogP contribution is 2.32. The van der Waals surface area contributed by atoms with Crippen molar-refractivity contribution in [1.82, 2.24) is 0 Å². The molecule has 2 aromatic rings. The minimum absolute atomic E-state index is 0.390. The van der Waals surface area contributed by atoms with Crippen LogP contribution in [0.5, 0.6) is 5.75 Å². The Morgan fingerprint density at radius 1 is 1.33 bits per heavy atom. The number of aliphatic hydroxyl groups is 1. The molecule has 18 heavy (non-hydrogen) atoms. The van der Waals surface area contributed by atoms with E-state index in [1.807, 2.05) is 42.6 Å². The lowest BCUT2D eigenvalue weighted by Gasteiger charge is -2.12. The van der Waals surface area contributed by atoms with E-state index in [2.05, 4.69) is 0 Å². The van der Waals surface area contributed by atoms with Crippen LogP contribution in [0, 0.1) is 6.92 Å². The molecule has 1 aromatic carbocycles. The first-order valence-corrected chi connectivity index (χ1v) is 7.10. The highest BCUT2D eigenvalue weighted by atomic mass is 32.1. The molecule has 1 fully saturated rings. The number of hydrogen-bond acceptors (Lipinski definition) is 3. The Morgan fingerprint density at radius 2 is 2.17 bits per heavy atom. The van der Waals surface area contributed by atoms with Crippen molar-refractivity contribution in [1.29, 1.82) is 0 Å². The maximum absolute atomic E-state index is 10.4. The predicted molar refractivity (Wildman–Crippen MR) is 73.2 cm³/mol. The number of benzene rings is 1. The Morgan fingerprint density at radius 3 is 2.83 bits per heavy atom. The first-order chi connectivity index (χ1) is 8.74. The Labute approximate surface area is 111 Å². The third-order valence-electron chi connectivity index (χ3n) is 3.15. The smallest absolute Gasteiger partial charge is 0.120 e. The van der Waals surface area contributed by atoms with Gasteiger partial charge in [-0.1, -0.05) is 12.1 Å². The molecule has 2 nitrogen and oxygen atoms in total. The first kappa shape index (κ1) is 11.8. The molecule has 0 amide bonds. The monoisotopic (exact) mass is 260 g/mol. The van der Waals surface area contributed by atoms with Gasteiger partial charge < -0.3 is 9.84 Å². The number of hydrogen-bond donors (Lipinski definition) is 1. The second-order valence-corrected chi connectivity index (χ2v) is 5.71. The summed E-state index contributed by atoms with van der Waals surface area (Å²) in [5, 5.41) is 12.4. The Hall–Kier alpha value is -1.32. The topological polar surface area (TPSA) is 29.5 Å². The number of aliphatic hydroxyl groups excluding tert-OH is 1. The lowest BCUT2D eigenvalue weighted by molar-refractivity contribution is 0.222. The van der Waals surface area contributed by atoms with Gasteiger partial charge in [0, 0.05) is 4.88 Å². The van der Waals surface area contributed by atoms with Crippen molar-refractivity contribution in [2.24, 2.45) is 0 Å². The van der Waals surface area contributed by atoms with Gasteiger partial charge in [-0.15, -0.1) is 11.3 Å². The zero-order valence-electron chi connectivity index (χ0n) is 10.3. The Balaban J connectivity index is 1.84. The van der Waals surface area contributed by atoms with E-state index in [4.69, 9.17) is 4.74 Å². The summed E-state index contributed by atoms with van der Waals surface area (Å²) < 4.78 is 5.76. The predicted octanol–water partition coefficient (Wildman–Crippen LogP) is 3.68. The van der Waals surface area contributed by atoms with E-state index in [1.165, 1.54) is 0 Å². The van der Waals surface area contributed by atoms with Crippen molar-refractivity contribution in [3.8, 4) is 5.75 Å². The average molecular weight is 260 g/mol. The molecule has 1 saturated carbocycles. The molecular formula is C15H16O2S. The highest BCUT2D eigenvalue weighted by Gasteiger charge is 2.24. The van der Waals surface area contributed by atoms with Crippen LogP contribution in [0.3, 0.4) is 0 Å². The van der Waals surface area contributed by atoms with Gasteiger partial charge in [-0.25, -0.2) is 0 Å². The lowest BCUT2D eigenvalue weighted by atomic mass is 10.1. The molecule has 1 aliphatic rings. The van der Waals surface area contributed by atoms with E-state index in [1.54, 1.807) is 11.3 Å². The summed E-state index contributed by atoms with van der Waals surface area (Å²) in [5.74, 6) is 0.864. The van der Waals surface area contributed by atoms with E-state index in [0.29, 0.717) is 6.10 Å². The molecule has 0 radical (unpaired) electrons. The molecule has 3 rings (SSSR count). The van der Waals surface area contributed by atoms with Crippen LogP contribution in [0.25, 0.3) is 0 Å². The maximum atomic E-state index is 10.4. The number of rotatable bonds is 4. The van der Waals surface area contributed by atoms with Crippen molar-refractivity contribution in [2.75, 3.05) is 0 Å². The fourth-order valence-electron chi connectivity index (χ4n) is 1.95. The number of aryl methyl sites for hydroxylation is 1. The molecule has 0 bridgehead atoms. The summed E-state index contributed by atoms with van der Waals surface area (Å²) >= 11 is 1.59. The van der Waals surface area contributed by atoms with Gasteiger partial charge in [0.1, 0.15) is 11.9 Å². The van der Waals surface area contributed by atoms with E-state index in [-0.39, 0.29) is 0 Å². The van der Waals surface area contributed by atoms with Gasteiger partial charge in [0.2, 0.25) is 0 Å². The largest absolute Gasteiger partial charge is 0.490 e. The number of ether oxygens (including phenoxy) is 1. The second-order valence-electron chi connectivity index (χ2n) is 4.76. The molecule has 1 aromatic heterocycles. The Bertz CT molecular complexity index is 543. The molecule has 3 heteroatoms. The van der Waals surface area contributed by atoms with E-state index >= 15 is 0 Å². The van der Waals surface area contributed by atoms with Crippen molar-refractivity contribution < 1.29 is 9.84 Å². The van der Waals surface area contributed by atoms with Crippen LogP contribution in [0.2, 0.25) is 0 Å². The van der Waals surface area contributed by atoms with Gasteiger partial charge in [0.05, 0.1) is 6.10 Å². The molecule has 1 N–H and O–H groups in total. The molecule has 1 unspecified atom stereocenters. The van der Waals surface area contributed by atoms with E-state index < -0.39 is 6.10 Å². The average Bonchev–Trinajstić information content (AvgIpc) is 3.08. The van der Waals surface area contributed by atoms with Crippen molar-refractivity contribution in [2.45, 2.75) is 32.0 Å². The van der Waals surface area contributed by atoms with E-state index in [9.17, 15) is 5.11 Å². The van der Waals surface area contributed by atoms with Gasteiger partial charge in [-0.05, 0) is 54.5 Å². The summed E-state index contributed by atoms with van der Waals surface area (Å²) in [6.45, 7) is 2.03. The van der Waals surface area contributed by atoms with Crippen LogP contribution >= 0.6 is 11.3 Å². The molecule has 0 spiro atoms. The first-order valence-electron chi connectivity index (χ1n) is 6.23.